The monoisotopic (exact) mass is 385 g/mol. The number of thiazole rings is 1. The number of benzene rings is 1. The highest BCUT2D eigenvalue weighted by atomic mass is 32.1. The molecule has 0 aliphatic carbocycles. The number of aromatic nitrogens is 1. The summed E-state index contributed by atoms with van der Waals surface area (Å²) in [4.78, 5) is 32.0. The number of thiophene rings is 1. The molecule has 1 aliphatic rings. The largest absolute Gasteiger partial charge is 0.338 e. The third-order valence-electron chi connectivity index (χ3n) is 4.65. The van der Waals surface area contributed by atoms with Crippen molar-refractivity contribution >= 4 is 50.4 Å². The summed E-state index contributed by atoms with van der Waals surface area (Å²) < 4.78 is 1.08. The predicted octanol–water partition coefficient (Wildman–Crippen LogP) is 4.16. The summed E-state index contributed by atoms with van der Waals surface area (Å²) in [6.45, 7) is 3.23. The van der Waals surface area contributed by atoms with E-state index in [2.05, 4.69) is 10.3 Å². The van der Waals surface area contributed by atoms with E-state index in [1.165, 1.54) is 11.3 Å². The number of hydrogen-bond acceptors (Lipinski definition) is 5. The number of aryl methyl sites for hydroxylation is 1. The Morgan fingerprint density at radius 2 is 2.04 bits per heavy atom. The maximum absolute atomic E-state index is 12.6. The smallest absolute Gasteiger partial charge is 0.263 e. The highest BCUT2D eigenvalue weighted by molar-refractivity contribution is 7.18. The van der Waals surface area contributed by atoms with Crippen molar-refractivity contribution in [3.63, 3.8) is 0 Å². The van der Waals surface area contributed by atoms with E-state index in [0.29, 0.717) is 25.9 Å². The second-order valence-electron chi connectivity index (χ2n) is 6.45. The minimum atomic E-state index is -0.0544. The van der Waals surface area contributed by atoms with Crippen LogP contribution in [-0.2, 0) is 4.79 Å². The van der Waals surface area contributed by atoms with Crippen LogP contribution >= 0.6 is 22.7 Å². The van der Waals surface area contributed by atoms with Gasteiger partial charge in [0.15, 0.2) is 0 Å². The van der Waals surface area contributed by atoms with E-state index >= 15 is 0 Å². The van der Waals surface area contributed by atoms with Gasteiger partial charge < -0.3 is 10.2 Å². The SMILES string of the molecule is Cc1nc2ccc(NC(=O)C3CCN(C(=O)c4cccs4)CC3)cc2s1. The molecule has 1 aliphatic heterocycles. The van der Waals surface area contributed by atoms with Crippen LogP contribution < -0.4 is 5.32 Å². The average Bonchev–Trinajstić information content (AvgIpc) is 3.29. The zero-order chi connectivity index (χ0) is 18.1. The van der Waals surface area contributed by atoms with Gasteiger partial charge in [0.25, 0.3) is 5.91 Å². The number of piperidine rings is 1. The zero-order valence-corrected chi connectivity index (χ0v) is 16.0. The Kier molecular flexibility index (Phi) is 4.74. The maximum Gasteiger partial charge on any atom is 0.263 e. The van der Waals surface area contributed by atoms with Gasteiger partial charge in [-0.05, 0) is 49.4 Å². The summed E-state index contributed by atoms with van der Waals surface area (Å²) in [5, 5.41) is 5.95. The van der Waals surface area contributed by atoms with Crippen LogP contribution in [0.3, 0.4) is 0 Å². The third-order valence-corrected chi connectivity index (χ3v) is 6.44. The predicted molar refractivity (Wildman–Crippen MR) is 106 cm³/mol. The van der Waals surface area contributed by atoms with Crippen LogP contribution in [0.15, 0.2) is 35.7 Å². The molecule has 1 fully saturated rings. The van der Waals surface area contributed by atoms with Gasteiger partial charge in [-0.3, -0.25) is 9.59 Å². The molecular weight excluding hydrogens is 366 g/mol. The minimum absolute atomic E-state index is 0.0359. The van der Waals surface area contributed by atoms with E-state index in [-0.39, 0.29) is 17.7 Å². The molecule has 2 amide bonds. The van der Waals surface area contributed by atoms with Gasteiger partial charge in [0.05, 0.1) is 20.1 Å². The fourth-order valence-electron chi connectivity index (χ4n) is 3.26. The number of anilines is 1. The molecule has 4 rings (SSSR count). The van der Waals surface area contributed by atoms with Crippen molar-refractivity contribution in [3.05, 3.63) is 45.6 Å². The molecule has 1 aromatic carbocycles. The van der Waals surface area contributed by atoms with Gasteiger partial charge in [-0.1, -0.05) is 6.07 Å². The van der Waals surface area contributed by atoms with E-state index in [0.717, 1.165) is 25.8 Å². The molecule has 1 saturated heterocycles. The van der Waals surface area contributed by atoms with E-state index in [1.54, 1.807) is 11.3 Å². The van der Waals surface area contributed by atoms with E-state index < -0.39 is 0 Å². The quantitative estimate of drug-likeness (QED) is 0.736. The molecule has 3 heterocycles. The molecule has 3 aromatic rings. The molecule has 2 aromatic heterocycles. The number of amides is 2. The number of hydrogen-bond donors (Lipinski definition) is 1. The van der Waals surface area contributed by atoms with E-state index in [4.69, 9.17) is 0 Å². The van der Waals surface area contributed by atoms with Crippen LogP contribution in [0.4, 0.5) is 5.69 Å². The second-order valence-corrected chi connectivity index (χ2v) is 8.63. The van der Waals surface area contributed by atoms with Crippen molar-refractivity contribution in [2.24, 2.45) is 5.92 Å². The summed E-state index contributed by atoms with van der Waals surface area (Å²) in [7, 11) is 0. The highest BCUT2D eigenvalue weighted by Crippen LogP contribution is 2.26. The van der Waals surface area contributed by atoms with Crippen molar-refractivity contribution in [1.29, 1.82) is 0 Å². The van der Waals surface area contributed by atoms with Crippen LogP contribution in [0.2, 0.25) is 0 Å². The Morgan fingerprint density at radius 1 is 1.23 bits per heavy atom. The van der Waals surface area contributed by atoms with Crippen LogP contribution in [0.1, 0.15) is 27.5 Å². The number of fused-ring (bicyclic) bond motifs is 1. The minimum Gasteiger partial charge on any atom is -0.338 e. The van der Waals surface area contributed by atoms with Gasteiger partial charge in [0.2, 0.25) is 5.91 Å². The Labute approximate surface area is 159 Å². The lowest BCUT2D eigenvalue weighted by Crippen LogP contribution is -2.41. The Hall–Kier alpha value is -2.25. The lowest BCUT2D eigenvalue weighted by atomic mass is 9.95. The number of carbonyl (C=O) groups excluding carboxylic acids is 2. The summed E-state index contributed by atoms with van der Waals surface area (Å²) in [6.07, 6.45) is 1.40. The number of carbonyl (C=O) groups is 2. The van der Waals surface area contributed by atoms with Crippen molar-refractivity contribution in [2.45, 2.75) is 19.8 Å². The van der Waals surface area contributed by atoms with Crippen molar-refractivity contribution < 1.29 is 9.59 Å². The Morgan fingerprint density at radius 3 is 2.77 bits per heavy atom. The fourth-order valence-corrected chi connectivity index (χ4v) is 4.82. The van der Waals surface area contributed by atoms with Gasteiger partial charge >= 0.3 is 0 Å². The molecule has 0 atom stereocenters. The molecule has 1 N–H and O–H groups in total. The van der Waals surface area contributed by atoms with Crippen molar-refractivity contribution in [3.8, 4) is 0 Å². The summed E-state index contributed by atoms with van der Waals surface area (Å²) in [5.74, 6) is 0.0555. The van der Waals surface area contributed by atoms with Gasteiger partial charge in [-0.25, -0.2) is 4.98 Å². The van der Waals surface area contributed by atoms with E-state index in [1.807, 2.05) is 47.5 Å². The van der Waals surface area contributed by atoms with Crippen LogP contribution in [0.25, 0.3) is 10.2 Å². The summed E-state index contributed by atoms with van der Waals surface area (Å²) in [6, 6.07) is 9.56. The molecule has 0 saturated carbocycles. The van der Waals surface area contributed by atoms with Crippen LogP contribution in [-0.4, -0.2) is 34.8 Å². The summed E-state index contributed by atoms with van der Waals surface area (Å²) >= 11 is 3.09. The first kappa shape index (κ1) is 17.2. The first-order valence-electron chi connectivity index (χ1n) is 8.61. The molecule has 0 radical (unpaired) electrons. The van der Waals surface area contributed by atoms with Crippen LogP contribution in [0, 0.1) is 12.8 Å². The lowest BCUT2D eigenvalue weighted by molar-refractivity contribution is -0.121. The zero-order valence-electron chi connectivity index (χ0n) is 14.4. The van der Waals surface area contributed by atoms with Gasteiger partial charge in [-0.15, -0.1) is 22.7 Å². The van der Waals surface area contributed by atoms with Gasteiger partial charge in [0, 0.05) is 24.7 Å². The first-order valence-corrected chi connectivity index (χ1v) is 10.3. The molecule has 5 nitrogen and oxygen atoms in total. The number of nitrogens with zero attached hydrogens (tertiary/aromatic N) is 2. The Bertz CT molecular complexity index is 941. The third kappa shape index (κ3) is 3.50. The molecule has 26 heavy (non-hydrogen) atoms. The first-order chi connectivity index (χ1) is 12.6. The van der Waals surface area contributed by atoms with Crippen molar-refractivity contribution in [2.75, 3.05) is 18.4 Å². The van der Waals surface area contributed by atoms with Crippen LogP contribution in [0.5, 0.6) is 0 Å². The van der Waals surface area contributed by atoms with E-state index in [9.17, 15) is 9.59 Å². The molecule has 0 unspecified atom stereocenters. The Balaban J connectivity index is 1.36. The normalized spacial score (nSPS) is 15.3. The lowest BCUT2D eigenvalue weighted by Gasteiger charge is -2.31. The fraction of sp³-hybridized carbons (Fsp3) is 0.316. The van der Waals surface area contributed by atoms with Crippen molar-refractivity contribution in [1.82, 2.24) is 9.88 Å². The number of rotatable bonds is 3. The standard InChI is InChI=1S/C19H19N3O2S2/c1-12-20-15-5-4-14(11-17(15)26-12)21-18(23)13-6-8-22(9-7-13)19(24)16-3-2-10-25-16/h2-5,10-11,13H,6-9H2,1H3,(H,21,23). The number of likely N-dealkylation sites (tertiary alicyclic amines) is 1. The number of nitrogens with one attached hydrogen (secondary N) is 1. The summed E-state index contributed by atoms with van der Waals surface area (Å²) in [5.41, 5.74) is 1.77. The second kappa shape index (κ2) is 7.17. The molecule has 7 heteroatoms. The molecular formula is C19H19N3O2S2. The molecule has 134 valence electrons. The van der Waals surface area contributed by atoms with Gasteiger partial charge in [-0.2, -0.15) is 0 Å². The topological polar surface area (TPSA) is 62.3 Å². The molecule has 0 spiro atoms. The maximum atomic E-state index is 12.6. The molecule has 0 bridgehead atoms. The average molecular weight is 386 g/mol. The highest BCUT2D eigenvalue weighted by Gasteiger charge is 2.28. The van der Waals surface area contributed by atoms with Gasteiger partial charge in [0.1, 0.15) is 0 Å².